The van der Waals surface area contributed by atoms with E-state index in [0.29, 0.717) is 0 Å². The van der Waals surface area contributed by atoms with Crippen molar-refractivity contribution in [1.82, 2.24) is 4.90 Å². The number of hydrogen-bond donors (Lipinski definition) is 1. The number of hydrogen-bond acceptors (Lipinski definition) is 5. The summed E-state index contributed by atoms with van der Waals surface area (Å²) < 4.78 is 13.8. The van der Waals surface area contributed by atoms with E-state index < -0.39 is 29.4 Å². The van der Waals surface area contributed by atoms with E-state index in [0.717, 1.165) is 39.0 Å². The molecule has 0 spiro atoms. The van der Waals surface area contributed by atoms with Crippen molar-refractivity contribution in [1.29, 1.82) is 0 Å². The number of fused-ring (bicyclic) bond motifs is 1. The molecule has 1 N–H and O–H groups in total. The van der Waals surface area contributed by atoms with E-state index >= 15 is 0 Å². The van der Waals surface area contributed by atoms with E-state index in [4.69, 9.17) is 0 Å². The molecule has 2 aromatic rings. The zero-order valence-corrected chi connectivity index (χ0v) is 19.6. The quantitative estimate of drug-likeness (QED) is 0.634. The molecular formula is C25H24FN3O3S. The van der Waals surface area contributed by atoms with E-state index in [1.54, 1.807) is 12.1 Å². The monoisotopic (exact) mass is 465 g/mol. The number of carbonyl (C=O) groups excluding carboxylic acids is 3. The number of carbonyl (C=O) groups is 3. The Kier molecular flexibility index (Phi) is 5.88. The molecule has 6 nitrogen and oxygen atoms in total. The Morgan fingerprint density at radius 3 is 2.64 bits per heavy atom. The first-order chi connectivity index (χ1) is 15.6. The molecule has 1 fully saturated rings. The third-order valence-electron chi connectivity index (χ3n) is 5.86. The van der Waals surface area contributed by atoms with Crippen LogP contribution in [-0.4, -0.2) is 41.1 Å². The van der Waals surface area contributed by atoms with Gasteiger partial charge in [-0.1, -0.05) is 24.3 Å². The van der Waals surface area contributed by atoms with Gasteiger partial charge in [-0.15, -0.1) is 0 Å². The maximum Gasteiger partial charge on any atom is 0.294 e. The number of thioether (sulfide) groups is 1. The van der Waals surface area contributed by atoms with Crippen molar-refractivity contribution in [2.24, 2.45) is 0 Å². The van der Waals surface area contributed by atoms with E-state index in [-0.39, 0.29) is 16.1 Å². The number of nitrogens with zero attached hydrogens (tertiary/aromatic N) is 2. The molecule has 2 aliphatic rings. The summed E-state index contributed by atoms with van der Waals surface area (Å²) >= 11 is 0.786. The molecule has 33 heavy (non-hydrogen) atoms. The first-order valence-corrected chi connectivity index (χ1v) is 11.3. The van der Waals surface area contributed by atoms with Crippen molar-refractivity contribution in [3.05, 3.63) is 70.4 Å². The molecule has 3 amide bonds. The SMILES string of the molecule is CC1=CC(C)(C)N(C)c2ccc(/C=C3\SC(=O)N(CC(=O)Nc4ccccc4F)C3=O)cc21. The molecule has 0 aromatic heterocycles. The fraction of sp³-hybridized carbons (Fsp3) is 0.240. The molecule has 2 aromatic carbocycles. The van der Waals surface area contributed by atoms with Crippen LogP contribution in [0, 0.1) is 5.82 Å². The van der Waals surface area contributed by atoms with Crippen molar-refractivity contribution >= 4 is 51.8 Å². The van der Waals surface area contributed by atoms with E-state index in [9.17, 15) is 18.8 Å². The van der Waals surface area contributed by atoms with Crippen LogP contribution >= 0.6 is 11.8 Å². The summed E-state index contributed by atoms with van der Waals surface area (Å²) in [5.74, 6) is -1.79. The molecule has 8 heteroatoms. The van der Waals surface area contributed by atoms with Crippen LogP contribution in [0.25, 0.3) is 11.6 Å². The molecule has 0 radical (unpaired) electrons. The maximum absolute atomic E-state index is 13.8. The molecular weight excluding hydrogens is 441 g/mol. The predicted molar refractivity (Wildman–Crippen MR) is 130 cm³/mol. The van der Waals surface area contributed by atoms with Gasteiger partial charge in [-0.2, -0.15) is 0 Å². The van der Waals surface area contributed by atoms with Gasteiger partial charge < -0.3 is 10.2 Å². The van der Waals surface area contributed by atoms with Crippen LogP contribution in [0.15, 0.2) is 53.4 Å². The van der Waals surface area contributed by atoms with Crippen LogP contribution in [-0.2, 0) is 9.59 Å². The van der Waals surface area contributed by atoms with Gasteiger partial charge in [-0.25, -0.2) is 4.39 Å². The largest absolute Gasteiger partial charge is 0.366 e. The number of anilines is 2. The zero-order valence-electron chi connectivity index (χ0n) is 18.8. The molecule has 0 atom stereocenters. The lowest BCUT2D eigenvalue weighted by atomic mass is 9.88. The first kappa shape index (κ1) is 22.8. The lowest BCUT2D eigenvalue weighted by molar-refractivity contribution is -0.127. The molecule has 0 saturated carbocycles. The lowest BCUT2D eigenvalue weighted by Gasteiger charge is -2.40. The second kappa shape index (κ2) is 8.51. The minimum atomic E-state index is -0.649. The van der Waals surface area contributed by atoms with Crippen LogP contribution in [0.2, 0.25) is 0 Å². The summed E-state index contributed by atoms with van der Waals surface area (Å²) in [5.41, 5.74) is 3.97. The van der Waals surface area contributed by atoms with Gasteiger partial charge in [0.1, 0.15) is 12.4 Å². The normalized spacial score (nSPS) is 18.5. The van der Waals surface area contributed by atoms with Crippen molar-refractivity contribution < 1.29 is 18.8 Å². The standard InChI is InChI=1S/C25H24FN3O3S/c1-15-13-25(2,3)28(4)20-10-9-16(11-17(15)20)12-21-23(31)29(24(32)33-21)14-22(30)27-19-8-6-5-7-18(19)26/h5-13H,14H2,1-4H3,(H,27,30)/b21-12-. The second-order valence-electron chi connectivity index (χ2n) is 8.61. The number of nitrogens with one attached hydrogen (secondary N) is 1. The number of halogens is 1. The first-order valence-electron chi connectivity index (χ1n) is 10.4. The Balaban J connectivity index is 1.52. The van der Waals surface area contributed by atoms with Crippen LogP contribution in [0.4, 0.5) is 20.6 Å². The molecule has 170 valence electrons. The Morgan fingerprint density at radius 2 is 1.91 bits per heavy atom. The molecule has 0 aliphatic carbocycles. The van der Waals surface area contributed by atoms with Crippen LogP contribution in [0.5, 0.6) is 0 Å². The van der Waals surface area contributed by atoms with Gasteiger partial charge in [0.05, 0.1) is 16.1 Å². The molecule has 1 saturated heterocycles. The fourth-order valence-corrected chi connectivity index (χ4v) is 4.79. The molecule has 0 unspecified atom stereocenters. The fourth-order valence-electron chi connectivity index (χ4n) is 3.95. The Hall–Kier alpha value is -3.39. The topological polar surface area (TPSA) is 69.7 Å². The number of benzene rings is 2. The highest BCUT2D eigenvalue weighted by molar-refractivity contribution is 8.18. The van der Waals surface area contributed by atoms with Gasteiger partial charge >= 0.3 is 0 Å². The molecule has 2 heterocycles. The number of rotatable bonds is 4. The second-order valence-corrected chi connectivity index (χ2v) is 9.61. The molecule has 0 bridgehead atoms. The van der Waals surface area contributed by atoms with Gasteiger partial charge in [-0.05, 0) is 74.0 Å². The number of imide groups is 1. The summed E-state index contributed by atoms with van der Waals surface area (Å²) in [7, 11) is 2.04. The summed E-state index contributed by atoms with van der Waals surface area (Å²) in [6.07, 6.45) is 3.86. The Morgan fingerprint density at radius 1 is 1.18 bits per heavy atom. The third-order valence-corrected chi connectivity index (χ3v) is 6.77. The van der Waals surface area contributed by atoms with Gasteiger partial charge in [0, 0.05) is 18.3 Å². The number of likely N-dealkylation sites (N-methyl/N-ethyl adjacent to an activating group) is 1. The number of para-hydroxylation sites is 1. The van der Waals surface area contributed by atoms with Crippen molar-refractivity contribution in [2.45, 2.75) is 26.3 Å². The highest BCUT2D eigenvalue weighted by Gasteiger charge is 2.36. The highest BCUT2D eigenvalue weighted by atomic mass is 32.2. The van der Waals surface area contributed by atoms with Gasteiger partial charge in [-0.3, -0.25) is 19.3 Å². The average molecular weight is 466 g/mol. The van der Waals surface area contributed by atoms with E-state index in [1.807, 2.05) is 25.2 Å². The molecule has 2 aliphatic heterocycles. The summed E-state index contributed by atoms with van der Waals surface area (Å²) in [6, 6.07) is 11.6. The molecule has 4 rings (SSSR count). The van der Waals surface area contributed by atoms with Gasteiger partial charge in [0.2, 0.25) is 5.91 Å². The van der Waals surface area contributed by atoms with Crippen LogP contribution < -0.4 is 10.2 Å². The summed E-state index contributed by atoms with van der Waals surface area (Å²) in [4.78, 5) is 40.8. The van der Waals surface area contributed by atoms with Gasteiger partial charge in [0.15, 0.2) is 0 Å². The Bertz CT molecular complexity index is 1240. The van der Waals surface area contributed by atoms with Crippen molar-refractivity contribution in [3.8, 4) is 0 Å². The summed E-state index contributed by atoms with van der Waals surface area (Å²) in [6.45, 7) is 5.86. The lowest BCUT2D eigenvalue weighted by Crippen LogP contribution is -2.42. The van der Waals surface area contributed by atoms with Crippen molar-refractivity contribution in [2.75, 3.05) is 23.8 Å². The third kappa shape index (κ3) is 4.43. The minimum Gasteiger partial charge on any atom is -0.366 e. The number of amides is 3. The predicted octanol–water partition coefficient (Wildman–Crippen LogP) is 5.13. The van der Waals surface area contributed by atoms with Crippen molar-refractivity contribution in [3.63, 3.8) is 0 Å². The smallest absolute Gasteiger partial charge is 0.294 e. The number of allylic oxidation sites excluding steroid dienone is 1. The van der Waals surface area contributed by atoms with E-state index in [2.05, 4.69) is 37.1 Å². The zero-order chi connectivity index (χ0) is 23.9. The van der Waals surface area contributed by atoms with E-state index in [1.165, 1.54) is 18.2 Å². The highest BCUT2D eigenvalue weighted by Crippen LogP contribution is 2.39. The Labute approximate surface area is 196 Å². The van der Waals surface area contributed by atoms with Gasteiger partial charge in [0.25, 0.3) is 11.1 Å². The minimum absolute atomic E-state index is 0.00403. The summed E-state index contributed by atoms with van der Waals surface area (Å²) in [5, 5.41) is 1.86. The average Bonchev–Trinajstić information content (AvgIpc) is 3.01. The van der Waals surface area contributed by atoms with Crippen LogP contribution in [0.3, 0.4) is 0 Å². The maximum atomic E-state index is 13.8. The van der Waals surface area contributed by atoms with Crippen LogP contribution in [0.1, 0.15) is 31.9 Å².